The lowest BCUT2D eigenvalue weighted by atomic mass is 10.1. The van der Waals surface area contributed by atoms with Gasteiger partial charge in [0, 0.05) is 50.4 Å². The predicted octanol–water partition coefficient (Wildman–Crippen LogP) is 1.79. The van der Waals surface area contributed by atoms with Crippen LogP contribution in [0.25, 0.3) is 0 Å². The van der Waals surface area contributed by atoms with E-state index in [-0.39, 0.29) is 18.2 Å². The normalized spacial score (nSPS) is 16.8. The Balaban J connectivity index is 1.61. The standard InChI is InChI=1S/C18H21ClN4O3/c1-22-8-7-20-16(22)5-6-21-18(25)12-9-17(24)23(11-12)14-10-13(19)3-4-15(14)26-2/h3-4,7-8,10,12H,5-6,9,11H2,1-2H3,(H,21,25). The molecule has 3 rings (SSSR count). The third-order valence-electron chi connectivity index (χ3n) is 4.50. The van der Waals surface area contributed by atoms with Crippen molar-refractivity contribution in [2.45, 2.75) is 12.8 Å². The molecule has 138 valence electrons. The van der Waals surface area contributed by atoms with Crippen LogP contribution in [0, 0.1) is 5.92 Å². The summed E-state index contributed by atoms with van der Waals surface area (Å²) in [5.41, 5.74) is 0.591. The molecule has 1 saturated heterocycles. The number of carbonyl (C=O) groups is 2. The number of methoxy groups -OCH3 is 1. The highest BCUT2D eigenvalue weighted by Crippen LogP contribution is 2.35. The van der Waals surface area contributed by atoms with E-state index in [0.717, 1.165) is 5.82 Å². The SMILES string of the molecule is COc1ccc(Cl)cc1N1CC(C(=O)NCCc2nccn2C)CC1=O. The third-order valence-corrected chi connectivity index (χ3v) is 4.73. The van der Waals surface area contributed by atoms with Gasteiger partial charge in [-0.2, -0.15) is 0 Å². The Labute approximate surface area is 156 Å². The lowest BCUT2D eigenvalue weighted by Crippen LogP contribution is -2.34. The molecule has 0 saturated carbocycles. The van der Waals surface area contributed by atoms with E-state index in [4.69, 9.17) is 16.3 Å². The second-order valence-corrected chi connectivity index (χ2v) is 6.65. The molecule has 2 amide bonds. The number of aryl methyl sites for hydroxylation is 1. The summed E-state index contributed by atoms with van der Waals surface area (Å²) < 4.78 is 7.23. The summed E-state index contributed by atoms with van der Waals surface area (Å²) in [7, 11) is 3.45. The number of amides is 2. The molecule has 1 fully saturated rings. The summed E-state index contributed by atoms with van der Waals surface area (Å²) in [5, 5.41) is 3.40. The van der Waals surface area contributed by atoms with Crippen LogP contribution in [0.2, 0.25) is 5.02 Å². The third kappa shape index (κ3) is 3.83. The number of hydrogen-bond acceptors (Lipinski definition) is 4. The Hall–Kier alpha value is -2.54. The first kappa shape index (κ1) is 18.3. The van der Waals surface area contributed by atoms with Gasteiger partial charge in [0.2, 0.25) is 11.8 Å². The Kier molecular flexibility index (Phi) is 5.46. The molecule has 26 heavy (non-hydrogen) atoms. The number of nitrogens with zero attached hydrogens (tertiary/aromatic N) is 3. The predicted molar refractivity (Wildman–Crippen MR) is 98.4 cm³/mol. The molecular weight excluding hydrogens is 356 g/mol. The van der Waals surface area contributed by atoms with Gasteiger partial charge in [0.1, 0.15) is 11.6 Å². The van der Waals surface area contributed by atoms with Crippen molar-refractivity contribution in [2.75, 3.05) is 25.1 Å². The van der Waals surface area contributed by atoms with Crippen LogP contribution in [0.15, 0.2) is 30.6 Å². The van der Waals surface area contributed by atoms with Crippen molar-refractivity contribution >= 4 is 29.1 Å². The molecule has 1 aliphatic heterocycles. The summed E-state index contributed by atoms with van der Waals surface area (Å²) in [6.07, 6.45) is 4.40. The molecule has 1 unspecified atom stereocenters. The maximum Gasteiger partial charge on any atom is 0.227 e. The van der Waals surface area contributed by atoms with Gasteiger partial charge < -0.3 is 19.5 Å². The first-order valence-corrected chi connectivity index (χ1v) is 8.75. The summed E-state index contributed by atoms with van der Waals surface area (Å²) in [5.74, 6) is 0.815. The second kappa shape index (κ2) is 7.78. The molecule has 1 aromatic heterocycles. The van der Waals surface area contributed by atoms with Gasteiger partial charge in [-0.1, -0.05) is 11.6 Å². The van der Waals surface area contributed by atoms with Crippen molar-refractivity contribution in [2.24, 2.45) is 13.0 Å². The summed E-state index contributed by atoms with van der Waals surface area (Å²) >= 11 is 6.05. The molecule has 8 heteroatoms. The average Bonchev–Trinajstić information content (AvgIpc) is 3.20. The monoisotopic (exact) mass is 376 g/mol. The Morgan fingerprint density at radius 1 is 1.46 bits per heavy atom. The van der Waals surface area contributed by atoms with Crippen molar-refractivity contribution in [1.82, 2.24) is 14.9 Å². The highest BCUT2D eigenvalue weighted by Gasteiger charge is 2.36. The molecule has 1 atom stereocenters. The molecule has 0 radical (unpaired) electrons. The zero-order valence-corrected chi connectivity index (χ0v) is 15.5. The molecule has 1 N–H and O–H groups in total. The number of rotatable bonds is 6. The smallest absolute Gasteiger partial charge is 0.227 e. The zero-order chi connectivity index (χ0) is 18.7. The van der Waals surface area contributed by atoms with Crippen molar-refractivity contribution in [3.8, 4) is 5.75 Å². The van der Waals surface area contributed by atoms with E-state index in [0.29, 0.717) is 36.0 Å². The lowest BCUT2D eigenvalue weighted by Gasteiger charge is -2.19. The molecule has 2 aromatic rings. The van der Waals surface area contributed by atoms with E-state index in [2.05, 4.69) is 10.3 Å². The molecule has 0 aliphatic carbocycles. The van der Waals surface area contributed by atoms with Crippen LogP contribution in [0.1, 0.15) is 12.2 Å². The first-order chi connectivity index (χ1) is 12.5. The van der Waals surface area contributed by atoms with Crippen LogP contribution in [0.5, 0.6) is 5.75 Å². The van der Waals surface area contributed by atoms with Crippen LogP contribution >= 0.6 is 11.6 Å². The van der Waals surface area contributed by atoms with E-state index >= 15 is 0 Å². The Morgan fingerprint density at radius 2 is 2.27 bits per heavy atom. The van der Waals surface area contributed by atoms with Crippen LogP contribution in [-0.2, 0) is 23.1 Å². The van der Waals surface area contributed by atoms with Crippen molar-refractivity contribution in [3.63, 3.8) is 0 Å². The van der Waals surface area contributed by atoms with Gasteiger partial charge >= 0.3 is 0 Å². The number of benzene rings is 1. The van der Waals surface area contributed by atoms with Crippen LogP contribution < -0.4 is 15.0 Å². The van der Waals surface area contributed by atoms with Gasteiger partial charge in [0.25, 0.3) is 0 Å². The zero-order valence-electron chi connectivity index (χ0n) is 14.7. The highest BCUT2D eigenvalue weighted by atomic mass is 35.5. The largest absolute Gasteiger partial charge is 0.495 e. The number of halogens is 1. The number of imidazole rings is 1. The molecule has 1 aromatic carbocycles. The number of anilines is 1. The van der Waals surface area contributed by atoms with Crippen LogP contribution in [0.3, 0.4) is 0 Å². The van der Waals surface area contributed by atoms with E-state index in [1.807, 2.05) is 17.8 Å². The minimum atomic E-state index is -0.396. The minimum Gasteiger partial charge on any atom is -0.495 e. The fraction of sp³-hybridized carbons (Fsp3) is 0.389. The molecule has 1 aliphatic rings. The van der Waals surface area contributed by atoms with Crippen molar-refractivity contribution in [3.05, 3.63) is 41.4 Å². The van der Waals surface area contributed by atoms with E-state index in [9.17, 15) is 9.59 Å². The lowest BCUT2D eigenvalue weighted by molar-refractivity contribution is -0.126. The molecule has 0 spiro atoms. The van der Waals surface area contributed by atoms with Crippen molar-refractivity contribution in [1.29, 1.82) is 0 Å². The van der Waals surface area contributed by atoms with Crippen molar-refractivity contribution < 1.29 is 14.3 Å². The fourth-order valence-corrected chi connectivity index (χ4v) is 3.24. The number of ether oxygens (including phenoxy) is 1. The number of carbonyl (C=O) groups excluding carboxylic acids is 2. The first-order valence-electron chi connectivity index (χ1n) is 8.37. The number of hydrogen-bond donors (Lipinski definition) is 1. The Bertz CT molecular complexity index is 821. The van der Waals surface area contributed by atoms with Gasteiger partial charge in [-0.05, 0) is 18.2 Å². The maximum atomic E-state index is 12.4. The quantitative estimate of drug-likeness (QED) is 0.834. The summed E-state index contributed by atoms with van der Waals surface area (Å²) in [4.78, 5) is 30.6. The summed E-state index contributed by atoms with van der Waals surface area (Å²) in [6, 6.07) is 5.09. The van der Waals surface area contributed by atoms with E-state index in [1.165, 1.54) is 7.11 Å². The molecular formula is C18H21ClN4O3. The highest BCUT2D eigenvalue weighted by molar-refractivity contribution is 6.31. The molecule has 0 bridgehead atoms. The number of nitrogens with one attached hydrogen (secondary N) is 1. The average molecular weight is 377 g/mol. The van der Waals surface area contributed by atoms with Gasteiger partial charge in [-0.3, -0.25) is 9.59 Å². The maximum absolute atomic E-state index is 12.4. The molecule has 2 heterocycles. The van der Waals surface area contributed by atoms with E-state index in [1.54, 1.807) is 29.3 Å². The number of aromatic nitrogens is 2. The fourth-order valence-electron chi connectivity index (χ4n) is 3.07. The van der Waals surface area contributed by atoms with Gasteiger partial charge in [0.15, 0.2) is 0 Å². The molecule has 7 nitrogen and oxygen atoms in total. The van der Waals surface area contributed by atoms with Gasteiger partial charge in [-0.25, -0.2) is 4.98 Å². The van der Waals surface area contributed by atoms with Gasteiger partial charge in [-0.15, -0.1) is 0 Å². The minimum absolute atomic E-state index is 0.116. The summed E-state index contributed by atoms with van der Waals surface area (Å²) in [6.45, 7) is 0.790. The topological polar surface area (TPSA) is 76.5 Å². The second-order valence-electron chi connectivity index (χ2n) is 6.22. The van der Waals surface area contributed by atoms with Crippen LogP contribution in [-0.4, -0.2) is 41.6 Å². The van der Waals surface area contributed by atoms with E-state index < -0.39 is 5.92 Å². The van der Waals surface area contributed by atoms with Gasteiger partial charge in [0.05, 0.1) is 18.7 Å². The Morgan fingerprint density at radius 3 is 2.96 bits per heavy atom. The van der Waals surface area contributed by atoms with Crippen LogP contribution in [0.4, 0.5) is 5.69 Å².